The Kier molecular flexibility index (Phi) is 3.45. The van der Waals surface area contributed by atoms with Gasteiger partial charge in [0.25, 0.3) is 0 Å². The fraction of sp³-hybridized carbons (Fsp3) is 0.300. The molecule has 0 atom stereocenters. The molecule has 1 aromatic carbocycles. The van der Waals surface area contributed by atoms with Crippen LogP contribution in [0.1, 0.15) is 10.4 Å². The molecule has 0 fully saturated rings. The number of carbonyl (C=O) groups excluding carboxylic acids is 1. The van der Waals surface area contributed by atoms with E-state index in [1.165, 1.54) is 26.4 Å². The number of ketones is 1. The predicted octanol–water partition coefficient (Wildman–Crippen LogP) is 1.86. The molecule has 0 saturated carbocycles. The van der Waals surface area contributed by atoms with Gasteiger partial charge in [0.2, 0.25) is 0 Å². The summed E-state index contributed by atoms with van der Waals surface area (Å²) in [5.74, 6) is 0.365. The number of methoxy groups -OCH3 is 2. The van der Waals surface area contributed by atoms with Gasteiger partial charge in [0.1, 0.15) is 11.5 Å². The van der Waals surface area contributed by atoms with Crippen molar-refractivity contribution in [3.05, 3.63) is 23.8 Å². The molecule has 0 aliphatic carbocycles. The van der Waals surface area contributed by atoms with Crippen LogP contribution in [0.15, 0.2) is 18.2 Å². The van der Waals surface area contributed by atoms with Crippen molar-refractivity contribution >= 4 is 5.78 Å². The maximum absolute atomic E-state index is 12.1. The van der Waals surface area contributed by atoms with Crippen molar-refractivity contribution in [2.45, 2.75) is 0 Å². The summed E-state index contributed by atoms with van der Waals surface area (Å²) in [5, 5.41) is 0. The quantitative estimate of drug-likeness (QED) is 0.692. The third-order valence-electron chi connectivity index (χ3n) is 1.79. The van der Waals surface area contributed by atoms with Crippen LogP contribution in [0.5, 0.6) is 11.5 Å². The van der Waals surface area contributed by atoms with Crippen LogP contribution < -0.4 is 9.47 Å². The number of hydrogen-bond donors (Lipinski definition) is 0. The van der Waals surface area contributed by atoms with E-state index in [1.807, 2.05) is 0 Å². The number of ether oxygens (including phenoxy) is 2. The van der Waals surface area contributed by atoms with E-state index in [0.717, 1.165) is 0 Å². The Morgan fingerprint density at radius 2 is 1.71 bits per heavy atom. The first-order valence-electron chi connectivity index (χ1n) is 4.03. The number of halogens is 1. The molecule has 0 radical (unpaired) electrons. The molecule has 0 amide bonds. The molecule has 0 saturated heterocycles. The lowest BCUT2D eigenvalue weighted by Gasteiger charge is -2.06. The first-order valence-corrected chi connectivity index (χ1v) is 4.03. The fourth-order valence-electron chi connectivity index (χ4n) is 1.05. The van der Waals surface area contributed by atoms with E-state index in [1.54, 1.807) is 6.07 Å². The molecule has 0 unspecified atom stereocenters. The Morgan fingerprint density at radius 1 is 1.21 bits per heavy atom. The monoisotopic (exact) mass is 198 g/mol. The van der Waals surface area contributed by atoms with Crippen LogP contribution in [0.2, 0.25) is 0 Å². The molecule has 4 heteroatoms. The molecule has 0 heterocycles. The highest BCUT2D eigenvalue weighted by Crippen LogP contribution is 2.22. The number of rotatable bonds is 4. The van der Waals surface area contributed by atoms with Crippen LogP contribution >= 0.6 is 0 Å². The minimum absolute atomic E-state index is 0.253. The zero-order valence-corrected chi connectivity index (χ0v) is 8.04. The molecule has 0 aliphatic rings. The normalized spacial score (nSPS) is 9.64. The largest absolute Gasteiger partial charge is 0.497 e. The fourth-order valence-corrected chi connectivity index (χ4v) is 1.05. The molecule has 76 valence electrons. The number of benzene rings is 1. The molecule has 3 nitrogen and oxygen atoms in total. The molecule has 0 spiro atoms. The summed E-state index contributed by atoms with van der Waals surface area (Å²) in [6.07, 6.45) is 0. The highest BCUT2D eigenvalue weighted by molar-refractivity contribution is 5.97. The number of hydrogen-bond acceptors (Lipinski definition) is 3. The van der Waals surface area contributed by atoms with Crippen LogP contribution in [-0.4, -0.2) is 26.7 Å². The van der Waals surface area contributed by atoms with Gasteiger partial charge in [-0.3, -0.25) is 4.79 Å². The highest BCUT2D eigenvalue weighted by Gasteiger charge is 2.08. The van der Waals surface area contributed by atoms with E-state index in [-0.39, 0.29) is 5.56 Å². The number of carbonyl (C=O) groups is 1. The molecule has 1 rings (SSSR count). The third-order valence-corrected chi connectivity index (χ3v) is 1.79. The van der Waals surface area contributed by atoms with Gasteiger partial charge >= 0.3 is 0 Å². The lowest BCUT2D eigenvalue weighted by atomic mass is 10.1. The minimum atomic E-state index is -1.02. The van der Waals surface area contributed by atoms with Crippen molar-refractivity contribution < 1.29 is 18.7 Å². The van der Waals surface area contributed by atoms with Crippen molar-refractivity contribution in [1.82, 2.24) is 0 Å². The van der Waals surface area contributed by atoms with Gasteiger partial charge in [-0.25, -0.2) is 4.39 Å². The van der Waals surface area contributed by atoms with E-state index in [9.17, 15) is 9.18 Å². The Labute approximate surface area is 81.4 Å². The smallest absolute Gasteiger partial charge is 0.194 e. The first kappa shape index (κ1) is 10.5. The Balaban J connectivity index is 3.10. The molecular weight excluding hydrogens is 187 g/mol. The molecular formula is C10H11FO3. The van der Waals surface area contributed by atoms with E-state index < -0.39 is 12.5 Å². The van der Waals surface area contributed by atoms with Crippen LogP contribution in [0.4, 0.5) is 4.39 Å². The van der Waals surface area contributed by atoms with Gasteiger partial charge in [-0.2, -0.15) is 0 Å². The zero-order valence-electron chi connectivity index (χ0n) is 8.04. The number of Topliss-reactive ketones (excluding diaryl/α,β-unsaturated/α-hetero) is 1. The minimum Gasteiger partial charge on any atom is -0.497 e. The summed E-state index contributed by atoms with van der Waals surface area (Å²) in [5.41, 5.74) is 0.253. The SMILES string of the molecule is COc1cc(OC)cc(C(=O)CF)c1. The standard InChI is InChI=1S/C10H11FO3/c1-13-8-3-7(10(12)6-11)4-9(5-8)14-2/h3-5H,6H2,1-2H3. The molecule has 0 aromatic heterocycles. The maximum Gasteiger partial charge on any atom is 0.194 e. The van der Waals surface area contributed by atoms with E-state index in [0.29, 0.717) is 11.5 Å². The highest BCUT2D eigenvalue weighted by atomic mass is 19.1. The van der Waals surface area contributed by atoms with Gasteiger partial charge in [-0.15, -0.1) is 0 Å². The Morgan fingerprint density at radius 3 is 2.07 bits per heavy atom. The average Bonchev–Trinajstić information content (AvgIpc) is 2.27. The summed E-state index contributed by atoms with van der Waals surface area (Å²) in [7, 11) is 2.94. The maximum atomic E-state index is 12.1. The van der Waals surface area contributed by atoms with E-state index in [4.69, 9.17) is 9.47 Å². The number of alkyl halides is 1. The van der Waals surface area contributed by atoms with Gasteiger partial charge in [0.05, 0.1) is 14.2 Å². The van der Waals surface area contributed by atoms with Crippen LogP contribution in [0.25, 0.3) is 0 Å². The van der Waals surface area contributed by atoms with Crippen molar-refractivity contribution in [2.24, 2.45) is 0 Å². The lowest BCUT2D eigenvalue weighted by Crippen LogP contribution is -2.02. The predicted molar refractivity (Wildman–Crippen MR) is 49.9 cm³/mol. The average molecular weight is 198 g/mol. The zero-order chi connectivity index (χ0) is 10.6. The summed E-state index contributed by atoms with van der Waals surface area (Å²) in [6, 6.07) is 4.57. The Bertz CT molecular complexity index is 314. The lowest BCUT2D eigenvalue weighted by molar-refractivity contribution is 0.0958. The van der Waals surface area contributed by atoms with Crippen LogP contribution in [0, 0.1) is 0 Å². The molecule has 1 aromatic rings. The van der Waals surface area contributed by atoms with E-state index >= 15 is 0 Å². The second-order valence-electron chi connectivity index (χ2n) is 2.66. The summed E-state index contributed by atoms with van der Waals surface area (Å²) >= 11 is 0. The van der Waals surface area contributed by atoms with E-state index in [2.05, 4.69) is 0 Å². The van der Waals surface area contributed by atoms with Crippen molar-refractivity contribution in [3.63, 3.8) is 0 Å². The second-order valence-corrected chi connectivity index (χ2v) is 2.66. The molecule has 0 N–H and O–H groups in total. The van der Waals surface area contributed by atoms with Gasteiger partial charge in [0, 0.05) is 11.6 Å². The molecule has 0 aliphatic heterocycles. The summed E-state index contributed by atoms with van der Waals surface area (Å²) in [6.45, 7) is -1.02. The summed E-state index contributed by atoms with van der Waals surface area (Å²) < 4.78 is 22.0. The first-order chi connectivity index (χ1) is 6.71. The van der Waals surface area contributed by atoms with Crippen LogP contribution in [-0.2, 0) is 0 Å². The van der Waals surface area contributed by atoms with Gasteiger partial charge in [-0.05, 0) is 12.1 Å². The van der Waals surface area contributed by atoms with Crippen molar-refractivity contribution in [2.75, 3.05) is 20.9 Å². The van der Waals surface area contributed by atoms with Gasteiger partial charge < -0.3 is 9.47 Å². The summed E-state index contributed by atoms with van der Waals surface area (Å²) in [4.78, 5) is 11.1. The van der Waals surface area contributed by atoms with Gasteiger partial charge in [-0.1, -0.05) is 0 Å². The Hall–Kier alpha value is -1.58. The van der Waals surface area contributed by atoms with Crippen molar-refractivity contribution in [1.29, 1.82) is 0 Å². The topological polar surface area (TPSA) is 35.5 Å². The van der Waals surface area contributed by atoms with Crippen LogP contribution in [0.3, 0.4) is 0 Å². The molecule has 14 heavy (non-hydrogen) atoms. The molecule has 0 bridgehead atoms. The third kappa shape index (κ3) is 2.22. The van der Waals surface area contributed by atoms with Crippen molar-refractivity contribution in [3.8, 4) is 11.5 Å². The van der Waals surface area contributed by atoms with Gasteiger partial charge in [0.15, 0.2) is 12.5 Å². The second kappa shape index (κ2) is 4.60.